The second-order valence-electron chi connectivity index (χ2n) is 10.3. The number of fused-ring (bicyclic) bond motifs is 1. The maximum absolute atomic E-state index is 13.6. The lowest BCUT2D eigenvalue weighted by molar-refractivity contribution is -0.0555. The van der Waals surface area contributed by atoms with Crippen LogP contribution >= 0.6 is 0 Å². The van der Waals surface area contributed by atoms with Crippen LogP contribution in [0.2, 0.25) is 0 Å². The van der Waals surface area contributed by atoms with E-state index in [0.717, 1.165) is 19.4 Å². The van der Waals surface area contributed by atoms with Crippen molar-refractivity contribution in [2.45, 2.75) is 56.5 Å². The molecule has 5 rings (SSSR count). The van der Waals surface area contributed by atoms with Crippen molar-refractivity contribution in [3.05, 3.63) is 59.2 Å². The van der Waals surface area contributed by atoms with Gasteiger partial charge < -0.3 is 5.11 Å². The third-order valence-corrected chi connectivity index (χ3v) is 10.7. The molecule has 0 saturated carbocycles. The van der Waals surface area contributed by atoms with Crippen molar-refractivity contribution in [1.29, 1.82) is 0 Å². The first-order chi connectivity index (χ1) is 16.8. The minimum Gasteiger partial charge on any atom is -0.395 e. The highest BCUT2D eigenvalue weighted by atomic mass is 32.2. The van der Waals surface area contributed by atoms with Crippen molar-refractivity contribution >= 4 is 10.0 Å². The van der Waals surface area contributed by atoms with E-state index in [2.05, 4.69) is 66.6 Å². The van der Waals surface area contributed by atoms with Gasteiger partial charge in [0.25, 0.3) is 0 Å². The first-order valence-electron chi connectivity index (χ1n) is 12.8. The Morgan fingerprint density at radius 2 is 1.80 bits per heavy atom. The summed E-state index contributed by atoms with van der Waals surface area (Å²) in [5.74, 6) is 0.114. The molecule has 190 valence electrons. The number of aliphatic hydroxyl groups is 1. The number of benzene rings is 2. The number of aryl methyl sites for hydroxylation is 1. The molecule has 3 aliphatic rings. The van der Waals surface area contributed by atoms with E-state index < -0.39 is 15.4 Å². The number of sulfonamides is 1. The number of hydrogen-bond donors (Lipinski definition) is 2. The van der Waals surface area contributed by atoms with Crippen molar-refractivity contribution in [3.8, 4) is 11.1 Å². The zero-order chi connectivity index (χ0) is 24.7. The van der Waals surface area contributed by atoms with E-state index in [1.54, 1.807) is 9.31 Å². The fourth-order valence-electron chi connectivity index (χ4n) is 6.27. The number of hydrazine groups is 1. The van der Waals surface area contributed by atoms with Crippen LogP contribution in [0.1, 0.15) is 41.9 Å². The maximum atomic E-state index is 13.6. The van der Waals surface area contributed by atoms with Crippen LogP contribution in [0, 0.1) is 13.8 Å². The van der Waals surface area contributed by atoms with Gasteiger partial charge in [0.05, 0.1) is 6.61 Å². The van der Waals surface area contributed by atoms with Gasteiger partial charge >= 0.3 is 0 Å². The standard InChI is InChI=1S/C27H38N4O3S/c1-19-7-6-8-23(20(19)2)21-9-11-22(12-10-21)27-24-17-30(15-4-5-16-31(24)25(27)18-32)35(33,34)26-13-14-28-29(26)3/h6-12,24-28,32H,4-5,13-18H2,1-3H3/t24-,25?,26?,27-/m0/s1. The lowest BCUT2D eigenvalue weighted by atomic mass is 9.74. The summed E-state index contributed by atoms with van der Waals surface area (Å²) in [5.41, 5.74) is 9.31. The van der Waals surface area contributed by atoms with E-state index in [1.165, 1.54) is 27.8 Å². The SMILES string of the molecule is Cc1cccc(-c2ccc([C@@H]3C(CO)N4CCCCN(S(=O)(=O)C5CCNN5C)C[C@@H]34)cc2)c1C. The van der Waals surface area contributed by atoms with E-state index in [4.69, 9.17) is 0 Å². The molecule has 0 bridgehead atoms. The van der Waals surface area contributed by atoms with Crippen molar-refractivity contribution in [3.63, 3.8) is 0 Å². The zero-order valence-electron chi connectivity index (χ0n) is 21.0. The summed E-state index contributed by atoms with van der Waals surface area (Å²) in [6, 6.07) is 15.2. The van der Waals surface area contributed by atoms with Crippen molar-refractivity contribution < 1.29 is 13.5 Å². The quantitative estimate of drug-likeness (QED) is 0.660. The van der Waals surface area contributed by atoms with Gasteiger partial charge in [-0.1, -0.05) is 42.5 Å². The molecular weight excluding hydrogens is 460 g/mol. The monoisotopic (exact) mass is 498 g/mol. The Balaban J connectivity index is 1.41. The summed E-state index contributed by atoms with van der Waals surface area (Å²) in [7, 11) is -1.63. The minimum absolute atomic E-state index is 0.0324. The molecule has 3 fully saturated rings. The van der Waals surface area contributed by atoms with Crippen molar-refractivity contribution in [1.82, 2.24) is 19.6 Å². The molecule has 0 amide bonds. The summed E-state index contributed by atoms with van der Waals surface area (Å²) >= 11 is 0. The average Bonchev–Trinajstić information content (AvgIpc) is 3.27. The molecule has 0 spiro atoms. The van der Waals surface area contributed by atoms with Gasteiger partial charge in [0.1, 0.15) is 5.37 Å². The molecular formula is C27H38N4O3S. The van der Waals surface area contributed by atoms with Crippen LogP contribution < -0.4 is 5.43 Å². The zero-order valence-corrected chi connectivity index (χ0v) is 21.8. The molecule has 0 aromatic heterocycles. The Labute approximate surface area is 209 Å². The number of rotatable bonds is 5. The van der Waals surface area contributed by atoms with E-state index >= 15 is 0 Å². The lowest BCUT2D eigenvalue weighted by Crippen LogP contribution is -2.68. The summed E-state index contributed by atoms with van der Waals surface area (Å²) in [4.78, 5) is 2.33. The van der Waals surface area contributed by atoms with Crippen LogP contribution in [-0.4, -0.2) is 85.0 Å². The highest BCUT2D eigenvalue weighted by Gasteiger charge is 2.51. The molecule has 2 N–H and O–H groups in total. The van der Waals surface area contributed by atoms with Gasteiger partial charge in [-0.05, 0) is 67.5 Å². The molecule has 8 heteroatoms. The Hall–Kier alpha value is -1.81. The van der Waals surface area contributed by atoms with Gasteiger partial charge in [-0.2, -0.15) is 4.31 Å². The fourth-order valence-corrected chi connectivity index (χ4v) is 8.25. The molecule has 2 aromatic carbocycles. The highest BCUT2D eigenvalue weighted by Crippen LogP contribution is 2.43. The number of nitrogens with zero attached hydrogens (tertiary/aromatic N) is 3. The van der Waals surface area contributed by atoms with Gasteiger partial charge in [0, 0.05) is 44.7 Å². The predicted molar refractivity (Wildman–Crippen MR) is 139 cm³/mol. The van der Waals surface area contributed by atoms with E-state index in [1.807, 2.05) is 7.05 Å². The molecule has 0 aliphatic carbocycles. The van der Waals surface area contributed by atoms with Crippen LogP contribution in [0.5, 0.6) is 0 Å². The van der Waals surface area contributed by atoms with Crippen LogP contribution in [0.3, 0.4) is 0 Å². The molecule has 4 atom stereocenters. The van der Waals surface area contributed by atoms with Gasteiger partial charge in [-0.25, -0.2) is 13.4 Å². The molecule has 0 radical (unpaired) electrons. The number of aliphatic hydroxyl groups excluding tert-OH is 1. The van der Waals surface area contributed by atoms with Gasteiger partial charge in [-0.15, -0.1) is 0 Å². The van der Waals surface area contributed by atoms with Crippen LogP contribution in [0.25, 0.3) is 11.1 Å². The van der Waals surface area contributed by atoms with Gasteiger partial charge in [0.2, 0.25) is 10.0 Å². The normalized spacial score (nSPS) is 28.8. The maximum Gasteiger partial charge on any atom is 0.231 e. The second-order valence-corrected chi connectivity index (χ2v) is 12.4. The predicted octanol–water partition coefficient (Wildman–Crippen LogP) is 2.69. The highest BCUT2D eigenvalue weighted by molar-refractivity contribution is 7.89. The van der Waals surface area contributed by atoms with Gasteiger partial charge in [-0.3, -0.25) is 10.3 Å². The third-order valence-electron chi connectivity index (χ3n) is 8.43. The first kappa shape index (κ1) is 24.9. The molecule has 3 aliphatic heterocycles. The Bertz CT molecular complexity index is 1150. The fraction of sp³-hybridized carbons (Fsp3) is 0.556. The van der Waals surface area contributed by atoms with E-state index in [9.17, 15) is 13.5 Å². The largest absolute Gasteiger partial charge is 0.395 e. The van der Waals surface area contributed by atoms with E-state index in [0.29, 0.717) is 26.1 Å². The van der Waals surface area contributed by atoms with E-state index in [-0.39, 0.29) is 24.6 Å². The van der Waals surface area contributed by atoms with Gasteiger partial charge in [0.15, 0.2) is 0 Å². The first-order valence-corrected chi connectivity index (χ1v) is 14.3. The summed E-state index contributed by atoms with van der Waals surface area (Å²) in [5, 5.41) is 11.5. The number of hydrogen-bond acceptors (Lipinski definition) is 6. The molecule has 3 heterocycles. The second kappa shape index (κ2) is 9.92. The Morgan fingerprint density at radius 3 is 2.49 bits per heavy atom. The van der Waals surface area contributed by atoms with Crippen molar-refractivity contribution in [2.75, 3.05) is 39.8 Å². The van der Waals surface area contributed by atoms with Crippen LogP contribution in [0.4, 0.5) is 0 Å². The minimum atomic E-state index is -3.45. The average molecular weight is 499 g/mol. The molecule has 2 unspecified atom stereocenters. The molecule has 35 heavy (non-hydrogen) atoms. The summed E-state index contributed by atoms with van der Waals surface area (Å²) in [6.07, 6.45) is 2.39. The molecule has 7 nitrogen and oxygen atoms in total. The summed E-state index contributed by atoms with van der Waals surface area (Å²) in [6.45, 7) is 7.02. The lowest BCUT2D eigenvalue weighted by Gasteiger charge is -2.57. The topological polar surface area (TPSA) is 76.1 Å². The van der Waals surface area contributed by atoms with Crippen molar-refractivity contribution in [2.24, 2.45) is 0 Å². The smallest absolute Gasteiger partial charge is 0.231 e. The Morgan fingerprint density at radius 1 is 1.06 bits per heavy atom. The third kappa shape index (κ3) is 4.45. The number of nitrogens with one attached hydrogen (secondary N) is 1. The molecule has 3 saturated heterocycles. The molecule has 2 aromatic rings. The van der Waals surface area contributed by atoms with Crippen LogP contribution in [-0.2, 0) is 10.0 Å². The Kier molecular flexibility index (Phi) is 7.05. The summed E-state index contributed by atoms with van der Waals surface area (Å²) < 4.78 is 28.9. The van der Waals surface area contributed by atoms with Crippen LogP contribution in [0.15, 0.2) is 42.5 Å².